The summed E-state index contributed by atoms with van der Waals surface area (Å²) in [5.41, 5.74) is 9.08. The molecule has 1 aromatic heterocycles. The maximum Gasteiger partial charge on any atom is 0.164 e. The highest BCUT2D eigenvalue weighted by Crippen LogP contribution is 2.36. The van der Waals surface area contributed by atoms with Gasteiger partial charge in [0.05, 0.1) is 11.4 Å². The van der Waals surface area contributed by atoms with Gasteiger partial charge in [0.2, 0.25) is 0 Å². The summed E-state index contributed by atoms with van der Waals surface area (Å²) in [7, 11) is 0. The summed E-state index contributed by atoms with van der Waals surface area (Å²) in [6, 6.07) is 47.2. The van der Waals surface area contributed by atoms with Crippen LogP contribution in [-0.4, -0.2) is 26.4 Å². The fourth-order valence-electron chi connectivity index (χ4n) is 6.05. The topological polar surface area (TPSA) is 86.4 Å². The molecule has 0 bridgehead atoms. The average Bonchev–Trinajstić information content (AvgIpc) is 3.13. The molecule has 0 atom stereocenters. The van der Waals surface area contributed by atoms with E-state index in [0.29, 0.717) is 17.5 Å². The summed E-state index contributed by atoms with van der Waals surface area (Å²) in [6.45, 7) is 0. The van der Waals surface area contributed by atoms with Gasteiger partial charge in [0, 0.05) is 22.3 Å². The molecule has 0 unspecified atom stereocenters. The maximum absolute atomic E-state index is 8.69. The fraction of sp³-hybridized carbons (Fsp3) is 0. The van der Waals surface area contributed by atoms with Crippen LogP contribution >= 0.6 is 0 Å². The highest BCUT2D eigenvalue weighted by Gasteiger charge is 2.20. The van der Waals surface area contributed by atoms with Crippen LogP contribution in [0.2, 0.25) is 0 Å². The van der Waals surface area contributed by atoms with Crippen LogP contribution in [-0.2, 0) is 0 Å². The number of hydrogen-bond donors (Lipinski definition) is 2. The van der Waals surface area contributed by atoms with Crippen LogP contribution in [0.1, 0.15) is 11.1 Å². The van der Waals surface area contributed by atoms with E-state index in [2.05, 4.69) is 60.7 Å². The molecule has 46 heavy (non-hydrogen) atoms. The van der Waals surface area contributed by atoms with Crippen LogP contribution in [0.4, 0.5) is 0 Å². The number of benzene rings is 6. The highest BCUT2D eigenvalue weighted by molar-refractivity contribution is 6.53. The Hall–Kier alpha value is -6.33. The van der Waals surface area contributed by atoms with E-state index < -0.39 is 0 Å². The number of aromatic nitrogens is 3. The predicted octanol–water partition coefficient (Wildman–Crippen LogP) is 9.77. The number of hydrogen-bond acceptors (Lipinski definition) is 5. The molecule has 0 amide bonds. The monoisotopic (exact) mass is 589 g/mol. The van der Waals surface area contributed by atoms with Crippen molar-refractivity contribution in [3.05, 3.63) is 157 Å². The van der Waals surface area contributed by atoms with Crippen LogP contribution in [0.3, 0.4) is 0 Å². The van der Waals surface area contributed by atoms with Crippen molar-refractivity contribution in [2.24, 2.45) is 0 Å². The van der Waals surface area contributed by atoms with Gasteiger partial charge >= 0.3 is 0 Å². The highest BCUT2D eigenvalue weighted by atomic mass is 15.0. The number of fused-ring (bicyclic) bond motifs is 3. The van der Waals surface area contributed by atoms with Gasteiger partial charge in [-0.05, 0) is 56.8 Å². The summed E-state index contributed by atoms with van der Waals surface area (Å²) in [6.07, 6.45) is 3.61. The zero-order valence-electron chi connectivity index (χ0n) is 24.8. The van der Waals surface area contributed by atoms with E-state index in [4.69, 9.17) is 25.8 Å². The molecule has 5 nitrogen and oxygen atoms in total. The van der Waals surface area contributed by atoms with Gasteiger partial charge < -0.3 is 0 Å². The van der Waals surface area contributed by atoms with Crippen molar-refractivity contribution in [3.63, 3.8) is 0 Å². The zero-order chi connectivity index (χ0) is 31.0. The van der Waals surface area contributed by atoms with Gasteiger partial charge in [-0.3, -0.25) is 10.8 Å². The van der Waals surface area contributed by atoms with Crippen molar-refractivity contribution in [3.8, 4) is 56.4 Å². The standard InChI is InChI=1S/C41H27N5/c42-36-23-22-28-20-18-27-19-21-31(25-35(27)37(28)38(36)43)33-16-7-8-17-34(33)41-45-39(29-12-5-2-6-13-29)44-40(46-41)32-15-9-14-30(24-32)26-10-3-1-4-11-26/h1-25,42-43H. The zero-order valence-corrected chi connectivity index (χ0v) is 24.8. The Balaban J connectivity index is 1.31. The van der Waals surface area contributed by atoms with Gasteiger partial charge in [-0.1, -0.05) is 133 Å². The van der Waals surface area contributed by atoms with Crippen molar-refractivity contribution >= 4 is 28.3 Å². The average molecular weight is 590 g/mol. The van der Waals surface area contributed by atoms with Gasteiger partial charge in [0.25, 0.3) is 0 Å². The third-order valence-corrected chi connectivity index (χ3v) is 8.38. The molecule has 2 N–H and O–H groups in total. The molecular weight excluding hydrogens is 562 g/mol. The van der Waals surface area contributed by atoms with Crippen LogP contribution in [0.25, 0.3) is 73.3 Å². The molecule has 6 aromatic carbocycles. The summed E-state index contributed by atoms with van der Waals surface area (Å²) in [5, 5.41) is 18.9. The molecule has 216 valence electrons. The van der Waals surface area contributed by atoms with E-state index in [1.54, 1.807) is 6.08 Å². The van der Waals surface area contributed by atoms with Crippen molar-refractivity contribution in [1.29, 1.82) is 10.8 Å². The maximum atomic E-state index is 8.69. The first-order valence-corrected chi connectivity index (χ1v) is 15.1. The normalized spacial score (nSPS) is 12.3. The van der Waals surface area contributed by atoms with Crippen molar-refractivity contribution in [2.45, 2.75) is 0 Å². The molecule has 0 fully saturated rings. The minimum atomic E-state index is 0.216. The lowest BCUT2D eigenvalue weighted by Crippen LogP contribution is -2.16. The van der Waals surface area contributed by atoms with Gasteiger partial charge in [-0.15, -0.1) is 0 Å². The molecule has 7 aromatic rings. The second-order valence-electron chi connectivity index (χ2n) is 11.3. The van der Waals surface area contributed by atoms with E-state index in [1.165, 1.54) is 0 Å². The first-order chi connectivity index (χ1) is 22.6. The smallest absolute Gasteiger partial charge is 0.164 e. The summed E-state index contributed by atoms with van der Waals surface area (Å²) >= 11 is 0. The lowest BCUT2D eigenvalue weighted by atomic mass is 9.87. The van der Waals surface area contributed by atoms with Crippen LogP contribution in [0.5, 0.6) is 0 Å². The number of nitrogens with one attached hydrogen (secondary N) is 2. The number of nitrogens with zero attached hydrogens (tertiary/aromatic N) is 3. The number of allylic oxidation sites excluding steroid dienone is 1. The molecule has 0 aliphatic heterocycles. The third-order valence-electron chi connectivity index (χ3n) is 8.38. The molecular formula is C41H27N5. The predicted molar refractivity (Wildman–Crippen MR) is 188 cm³/mol. The quantitative estimate of drug-likeness (QED) is 0.210. The molecule has 0 radical (unpaired) electrons. The molecule has 1 heterocycles. The molecule has 5 heteroatoms. The van der Waals surface area contributed by atoms with Crippen molar-refractivity contribution < 1.29 is 0 Å². The van der Waals surface area contributed by atoms with E-state index in [0.717, 1.165) is 60.8 Å². The first-order valence-electron chi connectivity index (χ1n) is 15.1. The van der Waals surface area contributed by atoms with E-state index in [1.807, 2.05) is 84.9 Å². The second-order valence-corrected chi connectivity index (χ2v) is 11.3. The molecule has 8 rings (SSSR count). The van der Waals surface area contributed by atoms with Crippen molar-refractivity contribution in [2.75, 3.05) is 0 Å². The largest absolute Gasteiger partial charge is 0.299 e. The van der Waals surface area contributed by atoms with Gasteiger partial charge in [-0.2, -0.15) is 0 Å². The Morgan fingerprint density at radius 3 is 1.80 bits per heavy atom. The van der Waals surface area contributed by atoms with Crippen LogP contribution in [0, 0.1) is 10.8 Å². The first kappa shape index (κ1) is 27.2. The molecule has 1 aliphatic carbocycles. The molecule has 0 saturated carbocycles. The Labute approximate surface area is 266 Å². The summed E-state index contributed by atoms with van der Waals surface area (Å²) < 4.78 is 0. The van der Waals surface area contributed by atoms with Gasteiger partial charge in [0.1, 0.15) is 0 Å². The Kier molecular flexibility index (Phi) is 6.69. The molecule has 1 aliphatic rings. The van der Waals surface area contributed by atoms with Gasteiger partial charge in [-0.25, -0.2) is 15.0 Å². The Bertz CT molecular complexity index is 2340. The van der Waals surface area contributed by atoms with E-state index in [-0.39, 0.29) is 11.4 Å². The minimum absolute atomic E-state index is 0.216. The van der Waals surface area contributed by atoms with Gasteiger partial charge in [0.15, 0.2) is 17.5 Å². The number of rotatable bonds is 5. The summed E-state index contributed by atoms with van der Waals surface area (Å²) in [4.78, 5) is 15.1. The second kappa shape index (κ2) is 11.3. The molecule has 0 spiro atoms. The SMILES string of the molecule is N=C1C=Cc2ccc3ccc(-c4ccccc4-c4nc(-c5ccccc5)nc(-c5cccc(-c6ccccc6)c5)n4)cc3c2C1=N. The lowest BCUT2D eigenvalue weighted by Gasteiger charge is -2.17. The third kappa shape index (κ3) is 4.90. The van der Waals surface area contributed by atoms with Crippen molar-refractivity contribution in [1.82, 2.24) is 15.0 Å². The summed E-state index contributed by atoms with van der Waals surface area (Å²) in [5.74, 6) is 1.78. The fourth-order valence-corrected chi connectivity index (χ4v) is 6.05. The van der Waals surface area contributed by atoms with Crippen LogP contribution in [0.15, 0.2) is 146 Å². The van der Waals surface area contributed by atoms with E-state index in [9.17, 15) is 0 Å². The Morgan fingerprint density at radius 1 is 0.413 bits per heavy atom. The minimum Gasteiger partial charge on any atom is -0.299 e. The van der Waals surface area contributed by atoms with E-state index >= 15 is 0 Å². The van der Waals surface area contributed by atoms with Crippen LogP contribution < -0.4 is 0 Å². The lowest BCUT2D eigenvalue weighted by molar-refractivity contribution is 1.07. The Morgan fingerprint density at radius 2 is 1.02 bits per heavy atom. The molecule has 0 saturated heterocycles.